The maximum absolute atomic E-state index is 12.4. The molecule has 1 aromatic heterocycles. The standard InChI is InChI=1S/C19H15NO5/c21-12-13-5-4-6-14(9-13)20-10-16(19(23)24)18(22)17(11-20)25-15-7-2-1-3-8-15/h1-11,21H,12H2,(H,23,24). The van der Waals surface area contributed by atoms with Crippen molar-refractivity contribution in [3.05, 3.63) is 88.3 Å². The molecule has 0 atom stereocenters. The first-order chi connectivity index (χ1) is 12.1. The highest BCUT2D eigenvalue weighted by Gasteiger charge is 2.16. The number of aromatic nitrogens is 1. The summed E-state index contributed by atoms with van der Waals surface area (Å²) in [6, 6.07) is 15.6. The van der Waals surface area contributed by atoms with Crippen molar-refractivity contribution in [2.75, 3.05) is 0 Å². The number of nitrogens with zero attached hydrogens (tertiary/aromatic N) is 1. The fourth-order valence-corrected chi connectivity index (χ4v) is 2.36. The van der Waals surface area contributed by atoms with E-state index in [9.17, 15) is 19.8 Å². The van der Waals surface area contributed by atoms with Crippen LogP contribution in [-0.2, 0) is 6.61 Å². The van der Waals surface area contributed by atoms with Crippen LogP contribution in [0.1, 0.15) is 15.9 Å². The minimum absolute atomic E-state index is 0.0968. The molecule has 6 nitrogen and oxygen atoms in total. The largest absolute Gasteiger partial charge is 0.477 e. The predicted octanol–water partition coefficient (Wildman–Crippen LogP) is 2.82. The number of ether oxygens (including phenoxy) is 1. The molecule has 3 rings (SSSR count). The first-order valence-electron chi connectivity index (χ1n) is 7.51. The monoisotopic (exact) mass is 337 g/mol. The van der Waals surface area contributed by atoms with Crippen molar-refractivity contribution in [3.63, 3.8) is 0 Å². The molecule has 0 bridgehead atoms. The molecule has 0 radical (unpaired) electrons. The van der Waals surface area contributed by atoms with Crippen molar-refractivity contribution in [1.82, 2.24) is 4.57 Å². The van der Waals surface area contributed by atoms with E-state index in [4.69, 9.17) is 4.74 Å². The Morgan fingerprint density at radius 1 is 1.04 bits per heavy atom. The average Bonchev–Trinajstić information content (AvgIpc) is 2.64. The molecule has 0 saturated carbocycles. The van der Waals surface area contributed by atoms with Crippen LogP contribution in [-0.4, -0.2) is 20.7 Å². The van der Waals surface area contributed by atoms with Crippen LogP contribution in [0.15, 0.2) is 71.8 Å². The summed E-state index contributed by atoms with van der Waals surface area (Å²) in [5.74, 6) is -1.01. The third-order valence-corrected chi connectivity index (χ3v) is 3.59. The Morgan fingerprint density at radius 2 is 1.80 bits per heavy atom. The maximum Gasteiger partial charge on any atom is 0.341 e. The van der Waals surface area contributed by atoms with E-state index in [0.29, 0.717) is 17.0 Å². The smallest absolute Gasteiger partial charge is 0.341 e. The molecular weight excluding hydrogens is 322 g/mol. The molecule has 0 aliphatic rings. The van der Waals surface area contributed by atoms with Crippen LogP contribution in [0.5, 0.6) is 11.5 Å². The van der Waals surface area contributed by atoms with E-state index in [1.54, 1.807) is 54.6 Å². The topological polar surface area (TPSA) is 88.8 Å². The van der Waals surface area contributed by atoms with E-state index in [2.05, 4.69) is 0 Å². The van der Waals surface area contributed by atoms with Gasteiger partial charge in [0.15, 0.2) is 5.75 Å². The van der Waals surface area contributed by atoms with Gasteiger partial charge >= 0.3 is 5.97 Å². The molecule has 25 heavy (non-hydrogen) atoms. The van der Waals surface area contributed by atoms with Gasteiger partial charge in [-0.05, 0) is 29.8 Å². The van der Waals surface area contributed by atoms with Gasteiger partial charge in [-0.1, -0.05) is 30.3 Å². The van der Waals surface area contributed by atoms with Crippen LogP contribution >= 0.6 is 0 Å². The lowest BCUT2D eigenvalue weighted by Gasteiger charge is -2.12. The van der Waals surface area contributed by atoms with Crippen molar-refractivity contribution >= 4 is 5.97 Å². The summed E-state index contributed by atoms with van der Waals surface area (Å²) in [6.07, 6.45) is 2.66. The SMILES string of the molecule is O=C(O)c1cn(-c2cccc(CO)c2)cc(Oc2ccccc2)c1=O. The molecule has 2 N–H and O–H groups in total. The van der Waals surface area contributed by atoms with Gasteiger partial charge in [-0.2, -0.15) is 0 Å². The predicted molar refractivity (Wildman–Crippen MR) is 91.4 cm³/mol. The Morgan fingerprint density at radius 3 is 2.48 bits per heavy atom. The second-order valence-electron chi connectivity index (χ2n) is 5.32. The van der Waals surface area contributed by atoms with E-state index < -0.39 is 17.0 Å². The van der Waals surface area contributed by atoms with Crippen LogP contribution in [0.25, 0.3) is 5.69 Å². The Balaban J connectivity index is 2.13. The molecule has 0 aliphatic carbocycles. The summed E-state index contributed by atoms with van der Waals surface area (Å²) in [6.45, 7) is -0.146. The van der Waals surface area contributed by atoms with Crippen LogP contribution in [0, 0.1) is 0 Å². The number of pyridine rings is 1. The van der Waals surface area contributed by atoms with Crippen LogP contribution in [0.2, 0.25) is 0 Å². The summed E-state index contributed by atoms with van der Waals surface area (Å²) in [7, 11) is 0. The third kappa shape index (κ3) is 3.59. The van der Waals surface area contributed by atoms with E-state index in [1.807, 2.05) is 0 Å². The van der Waals surface area contributed by atoms with Crippen molar-refractivity contribution in [1.29, 1.82) is 0 Å². The van der Waals surface area contributed by atoms with Crippen molar-refractivity contribution in [2.45, 2.75) is 6.61 Å². The minimum Gasteiger partial charge on any atom is -0.477 e. The molecule has 0 aliphatic heterocycles. The average molecular weight is 337 g/mol. The number of carboxylic acids is 1. The quantitative estimate of drug-likeness (QED) is 0.747. The van der Waals surface area contributed by atoms with Gasteiger partial charge in [0.2, 0.25) is 5.43 Å². The lowest BCUT2D eigenvalue weighted by atomic mass is 10.2. The molecule has 2 aromatic carbocycles. The first-order valence-corrected chi connectivity index (χ1v) is 7.51. The Bertz CT molecular complexity index is 963. The van der Waals surface area contributed by atoms with E-state index in [-0.39, 0.29) is 12.4 Å². The van der Waals surface area contributed by atoms with Crippen LogP contribution < -0.4 is 10.2 Å². The highest BCUT2D eigenvalue weighted by molar-refractivity contribution is 5.87. The first kappa shape index (κ1) is 16.5. The number of carbonyl (C=O) groups is 1. The Labute approximate surface area is 143 Å². The molecule has 126 valence electrons. The van der Waals surface area contributed by atoms with Crippen molar-refractivity contribution < 1.29 is 19.7 Å². The summed E-state index contributed by atoms with van der Waals surface area (Å²) in [5.41, 5.74) is 0.166. The van der Waals surface area contributed by atoms with Crippen LogP contribution in [0.4, 0.5) is 0 Å². The van der Waals surface area contributed by atoms with Gasteiger partial charge in [0.1, 0.15) is 11.3 Å². The number of hydrogen-bond acceptors (Lipinski definition) is 4. The van der Waals surface area contributed by atoms with E-state index in [0.717, 1.165) is 0 Å². The molecule has 0 saturated heterocycles. The summed E-state index contributed by atoms with van der Waals surface area (Å²) < 4.78 is 7.06. The van der Waals surface area contributed by atoms with Gasteiger partial charge in [0.25, 0.3) is 0 Å². The number of para-hydroxylation sites is 1. The van der Waals surface area contributed by atoms with E-state index >= 15 is 0 Å². The Hall–Kier alpha value is -3.38. The van der Waals surface area contributed by atoms with Gasteiger partial charge in [-0.25, -0.2) is 4.79 Å². The summed E-state index contributed by atoms with van der Waals surface area (Å²) >= 11 is 0. The van der Waals surface area contributed by atoms with Crippen molar-refractivity contribution in [2.24, 2.45) is 0 Å². The molecule has 0 fully saturated rings. The van der Waals surface area contributed by atoms with E-state index in [1.165, 1.54) is 17.0 Å². The fourth-order valence-electron chi connectivity index (χ4n) is 2.36. The fraction of sp³-hybridized carbons (Fsp3) is 0.0526. The van der Waals surface area contributed by atoms with Gasteiger partial charge in [0, 0.05) is 11.9 Å². The second-order valence-corrected chi connectivity index (χ2v) is 5.32. The summed E-state index contributed by atoms with van der Waals surface area (Å²) in [5, 5.41) is 18.6. The number of aliphatic hydroxyl groups is 1. The molecule has 0 amide bonds. The zero-order valence-corrected chi connectivity index (χ0v) is 13.1. The molecule has 0 spiro atoms. The zero-order valence-electron chi connectivity index (χ0n) is 13.1. The maximum atomic E-state index is 12.4. The molecular formula is C19H15NO5. The molecule has 3 aromatic rings. The highest BCUT2D eigenvalue weighted by Crippen LogP contribution is 2.20. The number of aromatic carboxylic acids is 1. The zero-order chi connectivity index (χ0) is 17.8. The van der Waals surface area contributed by atoms with Gasteiger partial charge < -0.3 is 19.5 Å². The lowest BCUT2D eigenvalue weighted by Crippen LogP contribution is -2.18. The number of rotatable bonds is 5. The number of carboxylic acid groups (broad SMARTS) is 1. The number of aliphatic hydroxyl groups excluding tert-OH is 1. The Kier molecular flexibility index (Phi) is 4.63. The third-order valence-electron chi connectivity index (χ3n) is 3.59. The number of benzene rings is 2. The van der Waals surface area contributed by atoms with Gasteiger partial charge in [-0.3, -0.25) is 4.79 Å². The summed E-state index contributed by atoms with van der Waals surface area (Å²) in [4.78, 5) is 23.8. The van der Waals surface area contributed by atoms with Crippen molar-refractivity contribution in [3.8, 4) is 17.2 Å². The number of hydrogen-bond donors (Lipinski definition) is 2. The highest BCUT2D eigenvalue weighted by atomic mass is 16.5. The second kappa shape index (κ2) is 7.02. The molecule has 1 heterocycles. The van der Waals surface area contributed by atoms with Crippen LogP contribution in [0.3, 0.4) is 0 Å². The molecule has 6 heteroatoms. The minimum atomic E-state index is -1.34. The van der Waals surface area contributed by atoms with Gasteiger partial charge in [0.05, 0.1) is 12.8 Å². The van der Waals surface area contributed by atoms with Gasteiger partial charge in [-0.15, -0.1) is 0 Å². The lowest BCUT2D eigenvalue weighted by molar-refractivity contribution is 0.0694. The normalized spacial score (nSPS) is 10.4. The molecule has 0 unspecified atom stereocenters.